The average Bonchev–Trinajstić information content (AvgIpc) is 2.41. The van der Waals surface area contributed by atoms with Crippen LogP contribution in [-0.4, -0.2) is 19.7 Å². The normalized spacial score (nSPS) is 11.5. The lowest BCUT2D eigenvalue weighted by Crippen LogP contribution is -2.06. The Morgan fingerprint density at radius 2 is 1.43 bits per heavy atom. The molecule has 0 bridgehead atoms. The summed E-state index contributed by atoms with van der Waals surface area (Å²) in [5, 5.41) is 2.14. The fourth-order valence-electron chi connectivity index (χ4n) is 1.53. The second kappa shape index (κ2) is 5.32. The highest BCUT2D eigenvalue weighted by atomic mass is 32.2. The lowest BCUT2D eigenvalue weighted by molar-refractivity contribution is 0.411. The number of aromatic nitrogens is 1. The Morgan fingerprint density at radius 3 is 1.86 bits per heavy atom. The average molecular weight is 320 g/mol. The lowest BCUT2D eigenvalue weighted by atomic mass is 10.3. The Bertz CT molecular complexity index is 766. The summed E-state index contributed by atoms with van der Waals surface area (Å²) in [7, 11) is -3.43. The molecule has 0 fully saturated rings. The highest BCUT2D eigenvalue weighted by Crippen LogP contribution is 2.26. The minimum atomic E-state index is -3.43. The summed E-state index contributed by atoms with van der Waals surface area (Å²) in [5.74, 6) is -6.93. The van der Waals surface area contributed by atoms with Gasteiger partial charge in [0.2, 0.25) is 11.6 Å². The summed E-state index contributed by atoms with van der Waals surface area (Å²) in [6, 6.07) is 4.76. The van der Waals surface area contributed by atoms with E-state index in [1.54, 1.807) is 0 Å². The van der Waals surface area contributed by atoms with Crippen molar-refractivity contribution in [2.45, 2.75) is 4.90 Å². The van der Waals surface area contributed by atoms with Crippen LogP contribution in [0.1, 0.15) is 0 Å². The van der Waals surface area contributed by atoms with Crippen LogP contribution in [0.15, 0.2) is 29.2 Å². The van der Waals surface area contributed by atoms with Gasteiger partial charge in [-0.05, 0) is 24.3 Å². The molecule has 21 heavy (non-hydrogen) atoms. The molecule has 1 heterocycles. The van der Waals surface area contributed by atoms with Crippen LogP contribution in [0.4, 0.5) is 28.9 Å². The first kappa shape index (κ1) is 15.2. The first-order chi connectivity index (χ1) is 9.70. The Balaban J connectivity index is 2.40. The van der Waals surface area contributed by atoms with Crippen LogP contribution in [0.3, 0.4) is 0 Å². The number of benzene rings is 1. The molecule has 0 aliphatic rings. The van der Waals surface area contributed by atoms with Gasteiger partial charge in [-0.2, -0.15) is 22.5 Å². The fraction of sp³-hybridized carbons (Fsp3) is 0.0833. The Labute approximate surface area is 117 Å². The Kier molecular flexibility index (Phi) is 3.86. The van der Waals surface area contributed by atoms with Gasteiger partial charge in [0, 0.05) is 11.9 Å². The zero-order valence-electron chi connectivity index (χ0n) is 10.5. The molecule has 112 valence electrons. The van der Waals surface area contributed by atoms with Gasteiger partial charge in [0.05, 0.1) is 4.90 Å². The summed E-state index contributed by atoms with van der Waals surface area (Å²) in [6.45, 7) is 0. The van der Waals surface area contributed by atoms with E-state index >= 15 is 0 Å². The molecule has 4 nitrogen and oxygen atoms in total. The predicted octanol–water partition coefficient (Wildman–Crippen LogP) is 2.79. The number of pyridine rings is 1. The summed E-state index contributed by atoms with van der Waals surface area (Å²) in [6.07, 6.45) is 0.988. The molecule has 1 aromatic heterocycles. The maximum absolute atomic E-state index is 13.4. The van der Waals surface area contributed by atoms with Crippen LogP contribution in [0.5, 0.6) is 0 Å². The van der Waals surface area contributed by atoms with Crippen molar-refractivity contribution in [3.05, 3.63) is 47.8 Å². The first-order valence-corrected chi connectivity index (χ1v) is 7.36. The smallest absolute Gasteiger partial charge is 0.253 e. The van der Waals surface area contributed by atoms with Gasteiger partial charge in [-0.3, -0.25) is 0 Å². The highest BCUT2D eigenvalue weighted by molar-refractivity contribution is 7.90. The molecule has 1 aromatic carbocycles. The SMILES string of the molecule is CS(=O)(=O)c1ccc(Nc2c(F)c(F)nc(F)c2F)cc1. The van der Waals surface area contributed by atoms with Crippen LogP contribution in [0.25, 0.3) is 0 Å². The third kappa shape index (κ3) is 3.13. The molecule has 0 unspecified atom stereocenters. The molecule has 0 radical (unpaired) electrons. The molecular weight excluding hydrogens is 312 g/mol. The van der Waals surface area contributed by atoms with E-state index in [2.05, 4.69) is 10.3 Å². The maximum Gasteiger partial charge on any atom is 0.253 e. The Morgan fingerprint density at radius 1 is 0.952 bits per heavy atom. The largest absolute Gasteiger partial charge is 0.350 e. The minimum absolute atomic E-state index is 0.0129. The van der Waals surface area contributed by atoms with Crippen molar-refractivity contribution in [2.24, 2.45) is 0 Å². The standard InChI is InChI=1S/C12H8F4N2O2S/c1-21(19,20)7-4-2-6(3-5-7)17-10-8(13)11(15)18-12(16)9(10)14/h2-5H,1H3,(H,17,18). The van der Waals surface area contributed by atoms with Crippen molar-refractivity contribution in [3.63, 3.8) is 0 Å². The van der Waals surface area contributed by atoms with Gasteiger partial charge >= 0.3 is 0 Å². The molecule has 0 saturated carbocycles. The molecule has 0 atom stereocenters. The summed E-state index contributed by atoms with van der Waals surface area (Å²) >= 11 is 0. The summed E-state index contributed by atoms with van der Waals surface area (Å²) in [4.78, 5) is 2.41. The van der Waals surface area contributed by atoms with Gasteiger partial charge in [0.15, 0.2) is 9.84 Å². The van der Waals surface area contributed by atoms with Crippen molar-refractivity contribution in [1.29, 1.82) is 0 Å². The third-order valence-electron chi connectivity index (χ3n) is 2.55. The number of sulfone groups is 1. The van der Waals surface area contributed by atoms with Gasteiger partial charge in [-0.1, -0.05) is 0 Å². The van der Waals surface area contributed by atoms with Crippen LogP contribution in [0, 0.1) is 23.5 Å². The number of rotatable bonds is 3. The molecule has 2 rings (SSSR count). The monoisotopic (exact) mass is 320 g/mol. The van der Waals surface area contributed by atoms with Crippen LogP contribution < -0.4 is 5.32 Å². The fourth-order valence-corrected chi connectivity index (χ4v) is 2.16. The summed E-state index contributed by atoms with van der Waals surface area (Å²) in [5.41, 5.74) is -1.00. The second-order valence-electron chi connectivity index (χ2n) is 4.12. The van der Waals surface area contributed by atoms with E-state index in [0.29, 0.717) is 0 Å². The topological polar surface area (TPSA) is 59.1 Å². The van der Waals surface area contributed by atoms with Gasteiger partial charge in [-0.15, -0.1) is 0 Å². The van der Waals surface area contributed by atoms with E-state index in [4.69, 9.17) is 0 Å². The van der Waals surface area contributed by atoms with Crippen molar-refractivity contribution in [2.75, 3.05) is 11.6 Å². The second-order valence-corrected chi connectivity index (χ2v) is 6.13. The minimum Gasteiger partial charge on any atom is -0.350 e. The van der Waals surface area contributed by atoms with Gasteiger partial charge in [0.1, 0.15) is 5.69 Å². The number of hydrogen-bond donors (Lipinski definition) is 1. The zero-order valence-corrected chi connectivity index (χ0v) is 11.3. The number of hydrogen-bond acceptors (Lipinski definition) is 4. The van der Waals surface area contributed by atoms with Crippen LogP contribution in [0.2, 0.25) is 0 Å². The predicted molar refractivity (Wildman–Crippen MR) is 66.9 cm³/mol. The van der Waals surface area contributed by atoms with E-state index in [0.717, 1.165) is 6.26 Å². The van der Waals surface area contributed by atoms with E-state index in [1.165, 1.54) is 24.3 Å². The first-order valence-electron chi connectivity index (χ1n) is 5.47. The van der Waals surface area contributed by atoms with Crippen molar-refractivity contribution in [1.82, 2.24) is 4.98 Å². The van der Waals surface area contributed by atoms with E-state index in [9.17, 15) is 26.0 Å². The number of halogens is 4. The molecule has 0 aliphatic carbocycles. The van der Waals surface area contributed by atoms with E-state index in [-0.39, 0.29) is 10.6 Å². The third-order valence-corrected chi connectivity index (χ3v) is 3.68. The van der Waals surface area contributed by atoms with Crippen molar-refractivity contribution in [3.8, 4) is 0 Å². The number of anilines is 2. The van der Waals surface area contributed by atoms with Crippen molar-refractivity contribution < 1.29 is 26.0 Å². The molecule has 2 aromatic rings. The molecule has 0 amide bonds. The highest BCUT2D eigenvalue weighted by Gasteiger charge is 2.20. The Hall–Kier alpha value is -2.16. The van der Waals surface area contributed by atoms with Crippen LogP contribution in [-0.2, 0) is 9.84 Å². The zero-order chi connectivity index (χ0) is 15.8. The lowest BCUT2D eigenvalue weighted by Gasteiger charge is -2.09. The van der Waals surface area contributed by atoms with Gasteiger partial charge in [-0.25, -0.2) is 8.42 Å². The van der Waals surface area contributed by atoms with E-state index < -0.39 is 39.1 Å². The maximum atomic E-state index is 13.4. The summed E-state index contributed by atoms with van der Waals surface area (Å²) < 4.78 is 75.2. The van der Waals surface area contributed by atoms with Gasteiger partial charge in [0.25, 0.3) is 11.9 Å². The number of nitrogens with one attached hydrogen (secondary N) is 1. The molecule has 0 saturated heterocycles. The van der Waals surface area contributed by atoms with Crippen molar-refractivity contribution >= 4 is 21.2 Å². The molecular formula is C12H8F4N2O2S. The molecule has 1 N–H and O–H groups in total. The van der Waals surface area contributed by atoms with Gasteiger partial charge < -0.3 is 5.32 Å². The molecule has 0 aliphatic heterocycles. The molecule has 9 heteroatoms. The quantitative estimate of drug-likeness (QED) is 0.698. The van der Waals surface area contributed by atoms with E-state index in [1.807, 2.05) is 0 Å². The number of nitrogens with zero attached hydrogens (tertiary/aromatic N) is 1. The molecule has 0 spiro atoms. The van der Waals surface area contributed by atoms with Crippen LogP contribution >= 0.6 is 0 Å².